The topological polar surface area (TPSA) is 28.2 Å². The van der Waals surface area contributed by atoms with Gasteiger partial charge >= 0.3 is 0 Å². The molecule has 0 aromatic carbocycles. The zero-order chi connectivity index (χ0) is 11.8. The van der Waals surface area contributed by atoms with Crippen molar-refractivity contribution in [1.82, 2.24) is 15.2 Å². The lowest BCUT2D eigenvalue weighted by Gasteiger charge is -2.24. The second-order valence-electron chi connectivity index (χ2n) is 4.22. The van der Waals surface area contributed by atoms with Gasteiger partial charge in [-0.15, -0.1) is 0 Å². The molecule has 0 amide bonds. The lowest BCUT2D eigenvalue weighted by Crippen LogP contribution is -2.36. The number of rotatable bonds is 7. The number of pyridine rings is 1. The Morgan fingerprint density at radius 3 is 2.75 bits per heavy atom. The van der Waals surface area contributed by atoms with Gasteiger partial charge in [-0.25, -0.2) is 0 Å². The van der Waals surface area contributed by atoms with Gasteiger partial charge in [-0.05, 0) is 32.5 Å². The predicted octanol–water partition coefficient (Wildman–Crippen LogP) is 1.90. The van der Waals surface area contributed by atoms with Crippen LogP contribution in [0.15, 0.2) is 24.4 Å². The van der Waals surface area contributed by atoms with E-state index in [2.05, 4.69) is 36.0 Å². The number of hydrogen-bond acceptors (Lipinski definition) is 3. The van der Waals surface area contributed by atoms with E-state index in [0.717, 1.165) is 31.9 Å². The van der Waals surface area contributed by atoms with Crippen molar-refractivity contribution >= 4 is 0 Å². The Morgan fingerprint density at radius 2 is 2.19 bits per heavy atom. The van der Waals surface area contributed by atoms with Crippen LogP contribution in [-0.4, -0.2) is 35.6 Å². The molecule has 0 atom stereocenters. The molecule has 0 fully saturated rings. The van der Waals surface area contributed by atoms with Crippen molar-refractivity contribution in [3.63, 3.8) is 0 Å². The van der Waals surface area contributed by atoms with Crippen LogP contribution in [0.3, 0.4) is 0 Å². The highest BCUT2D eigenvalue weighted by molar-refractivity contribution is 5.02. The molecule has 1 heterocycles. The summed E-state index contributed by atoms with van der Waals surface area (Å²) in [5, 5.41) is 3.42. The molecule has 3 heteroatoms. The Bertz CT molecular complexity index is 272. The highest BCUT2D eigenvalue weighted by Crippen LogP contribution is 1.96. The molecule has 0 unspecified atom stereocenters. The molecule has 0 aliphatic rings. The van der Waals surface area contributed by atoms with Gasteiger partial charge in [-0.1, -0.05) is 13.0 Å². The number of likely N-dealkylation sites (N-methyl/N-ethyl adjacent to an activating group) is 1. The average Bonchev–Trinajstić information content (AvgIpc) is 2.30. The molecular formula is C13H23N3. The fourth-order valence-corrected chi connectivity index (χ4v) is 1.72. The van der Waals surface area contributed by atoms with Gasteiger partial charge in [0.05, 0.1) is 5.69 Å². The highest BCUT2D eigenvalue weighted by atomic mass is 15.2. The summed E-state index contributed by atoms with van der Waals surface area (Å²) in [5.74, 6) is 0. The molecule has 1 aromatic rings. The normalized spacial score (nSPS) is 11.3. The SMILES string of the molecule is CCN(CCNCc1ccccn1)C(C)C. The van der Waals surface area contributed by atoms with Gasteiger partial charge in [0.25, 0.3) is 0 Å². The molecule has 0 aliphatic heterocycles. The summed E-state index contributed by atoms with van der Waals surface area (Å²) in [6.07, 6.45) is 1.84. The van der Waals surface area contributed by atoms with Gasteiger partial charge in [0.2, 0.25) is 0 Å². The fraction of sp³-hybridized carbons (Fsp3) is 0.615. The molecule has 0 bridgehead atoms. The van der Waals surface area contributed by atoms with Crippen LogP contribution in [0.2, 0.25) is 0 Å². The summed E-state index contributed by atoms with van der Waals surface area (Å²) < 4.78 is 0. The lowest BCUT2D eigenvalue weighted by atomic mass is 10.3. The van der Waals surface area contributed by atoms with Crippen LogP contribution in [0, 0.1) is 0 Å². The van der Waals surface area contributed by atoms with E-state index in [-0.39, 0.29) is 0 Å². The molecule has 0 radical (unpaired) electrons. The van der Waals surface area contributed by atoms with Crippen LogP contribution in [0.4, 0.5) is 0 Å². The molecule has 90 valence electrons. The first kappa shape index (κ1) is 13.1. The van der Waals surface area contributed by atoms with E-state index in [1.165, 1.54) is 0 Å². The molecular weight excluding hydrogens is 198 g/mol. The standard InChI is InChI=1S/C13H23N3/c1-4-16(12(2)3)10-9-14-11-13-7-5-6-8-15-13/h5-8,12,14H,4,9-11H2,1-3H3. The second kappa shape index (κ2) is 7.36. The van der Waals surface area contributed by atoms with Crippen LogP contribution in [0.5, 0.6) is 0 Å². The quantitative estimate of drug-likeness (QED) is 0.713. The van der Waals surface area contributed by atoms with Crippen molar-refractivity contribution in [2.75, 3.05) is 19.6 Å². The van der Waals surface area contributed by atoms with Crippen molar-refractivity contribution in [3.05, 3.63) is 30.1 Å². The molecule has 1 N–H and O–H groups in total. The van der Waals surface area contributed by atoms with E-state index in [4.69, 9.17) is 0 Å². The largest absolute Gasteiger partial charge is 0.310 e. The van der Waals surface area contributed by atoms with Crippen molar-refractivity contribution in [1.29, 1.82) is 0 Å². The fourth-order valence-electron chi connectivity index (χ4n) is 1.72. The first-order valence-electron chi connectivity index (χ1n) is 6.08. The Labute approximate surface area is 98.9 Å². The van der Waals surface area contributed by atoms with Crippen LogP contribution >= 0.6 is 0 Å². The minimum atomic E-state index is 0.627. The van der Waals surface area contributed by atoms with Gasteiger partial charge in [0.15, 0.2) is 0 Å². The number of aromatic nitrogens is 1. The van der Waals surface area contributed by atoms with E-state index < -0.39 is 0 Å². The van der Waals surface area contributed by atoms with Crippen LogP contribution in [0.1, 0.15) is 26.5 Å². The number of nitrogens with one attached hydrogen (secondary N) is 1. The van der Waals surface area contributed by atoms with Gasteiger partial charge in [0, 0.05) is 31.9 Å². The molecule has 0 spiro atoms. The molecule has 0 saturated heterocycles. The first-order chi connectivity index (χ1) is 7.74. The molecule has 16 heavy (non-hydrogen) atoms. The van der Waals surface area contributed by atoms with Crippen molar-refractivity contribution < 1.29 is 0 Å². The van der Waals surface area contributed by atoms with E-state index in [1.54, 1.807) is 0 Å². The van der Waals surface area contributed by atoms with Gasteiger partial charge in [0.1, 0.15) is 0 Å². The maximum absolute atomic E-state index is 4.27. The predicted molar refractivity (Wildman–Crippen MR) is 68.3 cm³/mol. The Kier molecular flexibility index (Phi) is 6.04. The first-order valence-corrected chi connectivity index (χ1v) is 6.08. The Morgan fingerprint density at radius 1 is 1.38 bits per heavy atom. The Balaban J connectivity index is 2.16. The van der Waals surface area contributed by atoms with Crippen LogP contribution in [-0.2, 0) is 6.54 Å². The minimum Gasteiger partial charge on any atom is -0.310 e. The van der Waals surface area contributed by atoms with E-state index >= 15 is 0 Å². The summed E-state index contributed by atoms with van der Waals surface area (Å²) in [5.41, 5.74) is 1.11. The molecule has 1 rings (SSSR count). The van der Waals surface area contributed by atoms with Crippen molar-refractivity contribution in [2.24, 2.45) is 0 Å². The van der Waals surface area contributed by atoms with Crippen molar-refractivity contribution in [2.45, 2.75) is 33.4 Å². The second-order valence-corrected chi connectivity index (χ2v) is 4.22. The highest BCUT2D eigenvalue weighted by Gasteiger charge is 2.05. The smallest absolute Gasteiger partial charge is 0.0541 e. The third kappa shape index (κ3) is 4.73. The average molecular weight is 221 g/mol. The molecule has 0 aliphatic carbocycles. The number of hydrogen-bond donors (Lipinski definition) is 1. The number of nitrogens with zero attached hydrogens (tertiary/aromatic N) is 2. The van der Waals surface area contributed by atoms with Crippen molar-refractivity contribution in [3.8, 4) is 0 Å². The summed E-state index contributed by atoms with van der Waals surface area (Å²) in [6, 6.07) is 6.64. The van der Waals surface area contributed by atoms with Gasteiger partial charge in [-0.3, -0.25) is 9.88 Å². The summed E-state index contributed by atoms with van der Waals surface area (Å²) in [4.78, 5) is 6.72. The summed E-state index contributed by atoms with van der Waals surface area (Å²) >= 11 is 0. The lowest BCUT2D eigenvalue weighted by molar-refractivity contribution is 0.233. The molecule has 1 aromatic heterocycles. The maximum atomic E-state index is 4.27. The minimum absolute atomic E-state index is 0.627. The van der Waals surface area contributed by atoms with E-state index in [0.29, 0.717) is 6.04 Å². The van der Waals surface area contributed by atoms with E-state index in [9.17, 15) is 0 Å². The van der Waals surface area contributed by atoms with Gasteiger partial charge in [-0.2, -0.15) is 0 Å². The van der Waals surface area contributed by atoms with Crippen LogP contribution in [0.25, 0.3) is 0 Å². The zero-order valence-electron chi connectivity index (χ0n) is 10.6. The van der Waals surface area contributed by atoms with Crippen LogP contribution < -0.4 is 5.32 Å². The van der Waals surface area contributed by atoms with Gasteiger partial charge < -0.3 is 5.32 Å². The molecule has 3 nitrogen and oxygen atoms in total. The third-order valence-electron chi connectivity index (χ3n) is 2.74. The van der Waals surface area contributed by atoms with E-state index in [1.807, 2.05) is 24.4 Å². The Hall–Kier alpha value is -0.930. The summed E-state index contributed by atoms with van der Waals surface area (Å²) in [6.45, 7) is 10.8. The molecule has 0 saturated carbocycles. The maximum Gasteiger partial charge on any atom is 0.0541 e. The third-order valence-corrected chi connectivity index (χ3v) is 2.74. The zero-order valence-corrected chi connectivity index (χ0v) is 10.6. The summed E-state index contributed by atoms with van der Waals surface area (Å²) in [7, 11) is 0. The monoisotopic (exact) mass is 221 g/mol.